The van der Waals surface area contributed by atoms with E-state index >= 15 is 0 Å². The van der Waals surface area contributed by atoms with Crippen molar-refractivity contribution < 1.29 is 9.90 Å². The highest BCUT2D eigenvalue weighted by atomic mass is 35.5. The van der Waals surface area contributed by atoms with Crippen LogP contribution in [0.2, 0.25) is 5.15 Å². The van der Waals surface area contributed by atoms with Crippen molar-refractivity contribution in [1.82, 2.24) is 9.88 Å². The lowest BCUT2D eigenvalue weighted by Gasteiger charge is -2.19. The van der Waals surface area contributed by atoms with Gasteiger partial charge >= 0.3 is 5.97 Å². The van der Waals surface area contributed by atoms with E-state index in [1.54, 1.807) is 6.92 Å². The number of nitrogens with zero attached hydrogens (tertiary/aromatic N) is 2. The summed E-state index contributed by atoms with van der Waals surface area (Å²) in [6.07, 6.45) is 0. The van der Waals surface area contributed by atoms with Gasteiger partial charge in [0.15, 0.2) is 0 Å². The molecule has 0 aliphatic rings. The second kappa shape index (κ2) is 6.41. The fraction of sp³-hybridized carbons (Fsp3) is 0.375. The predicted molar refractivity (Wildman–Crippen MR) is 84.6 cm³/mol. The van der Waals surface area contributed by atoms with Crippen LogP contribution in [0, 0.1) is 12.8 Å². The smallest absolute Gasteiger partial charge is 0.307 e. The van der Waals surface area contributed by atoms with E-state index in [9.17, 15) is 4.79 Å². The van der Waals surface area contributed by atoms with Crippen LogP contribution in [0.5, 0.6) is 0 Å². The average Bonchev–Trinajstić information content (AvgIpc) is 2.39. The highest BCUT2D eigenvalue weighted by Crippen LogP contribution is 2.22. The van der Waals surface area contributed by atoms with Crippen molar-refractivity contribution >= 4 is 28.5 Å². The molecule has 0 saturated carbocycles. The highest BCUT2D eigenvalue weighted by Gasteiger charge is 2.15. The SMILES string of the molecule is Cc1ccc2cc(CN(C)CC(C)C(=O)O)c(Cl)nc2c1. The quantitative estimate of drug-likeness (QED) is 0.861. The van der Waals surface area contributed by atoms with Gasteiger partial charge in [0.2, 0.25) is 0 Å². The van der Waals surface area contributed by atoms with E-state index in [1.165, 1.54) is 0 Å². The molecule has 1 unspecified atom stereocenters. The molecule has 0 aliphatic carbocycles. The number of pyridine rings is 1. The molecule has 0 fully saturated rings. The van der Waals surface area contributed by atoms with Crippen LogP contribution in [0.15, 0.2) is 24.3 Å². The lowest BCUT2D eigenvalue weighted by atomic mass is 10.1. The number of carbonyl (C=O) groups is 1. The molecule has 1 heterocycles. The minimum absolute atomic E-state index is 0.412. The van der Waals surface area contributed by atoms with E-state index in [4.69, 9.17) is 16.7 Å². The molecule has 0 aliphatic heterocycles. The number of hydrogen-bond donors (Lipinski definition) is 1. The van der Waals surface area contributed by atoms with Gasteiger partial charge in [-0.15, -0.1) is 0 Å². The van der Waals surface area contributed by atoms with Crippen molar-refractivity contribution in [1.29, 1.82) is 0 Å². The number of hydrogen-bond acceptors (Lipinski definition) is 3. The Hall–Kier alpha value is -1.65. The van der Waals surface area contributed by atoms with Crippen LogP contribution in [-0.2, 0) is 11.3 Å². The molecule has 2 rings (SSSR count). The molecule has 1 atom stereocenters. The monoisotopic (exact) mass is 306 g/mol. The number of carboxylic acids is 1. The van der Waals surface area contributed by atoms with Gasteiger partial charge in [-0.3, -0.25) is 4.79 Å². The molecule has 1 N–H and O–H groups in total. The zero-order valence-corrected chi connectivity index (χ0v) is 13.2. The summed E-state index contributed by atoms with van der Waals surface area (Å²) in [6, 6.07) is 8.09. The summed E-state index contributed by atoms with van der Waals surface area (Å²) < 4.78 is 0. The Bertz CT molecular complexity index is 673. The van der Waals surface area contributed by atoms with E-state index in [2.05, 4.69) is 4.98 Å². The number of aryl methyl sites for hydroxylation is 1. The first-order valence-electron chi connectivity index (χ1n) is 6.84. The Morgan fingerprint density at radius 1 is 1.43 bits per heavy atom. The van der Waals surface area contributed by atoms with Crippen molar-refractivity contribution in [3.8, 4) is 0 Å². The maximum Gasteiger partial charge on any atom is 0.307 e. The van der Waals surface area contributed by atoms with Crippen molar-refractivity contribution in [2.45, 2.75) is 20.4 Å². The number of fused-ring (bicyclic) bond motifs is 1. The van der Waals surface area contributed by atoms with Crippen LogP contribution >= 0.6 is 11.6 Å². The van der Waals surface area contributed by atoms with E-state index in [0.29, 0.717) is 18.2 Å². The van der Waals surface area contributed by atoms with Gasteiger partial charge in [0.05, 0.1) is 11.4 Å². The molecule has 4 nitrogen and oxygen atoms in total. The van der Waals surface area contributed by atoms with Crippen molar-refractivity contribution in [3.63, 3.8) is 0 Å². The summed E-state index contributed by atoms with van der Waals surface area (Å²) in [5.41, 5.74) is 2.93. The Kier molecular flexibility index (Phi) is 4.80. The fourth-order valence-electron chi connectivity index (χ4n) is 2.31. The van der Waals surface area contributed by atoms with Gasteiger partial charge in [-0.2, -0.15) is 0 Å². The van der Waals surface area contributed by atoms with E-state index in [0.717, 1.165) is 22.0 Å². The van der Waals surface area contributed by atoms with E-state index < -0.39 is 11.9 Å². The number of halogens is 1. The largest absolute Gasteiger partial charge is 0.481 e. The third-order valence-electron chi connectivity index (χ3n) is 3.45. The Labute approximate surface area is 129 Å². The molecule has 1 aromatic heterocycles. The second-order valence-corrected chi connectivity index (χ2v) is 5.93. The molecule has 5 heteroatoms. The maximum absolute atomic E-state index is 10.9. The second-order valence-electron chi connectivity index (χ2n) is 5.57. The first kappa shape index (κ1) is 15.7. The molecule has 0 spiro atoms. The summed E-state index contributed by atoms with van der Waals surface area (Å²) in [6.45, 7) is 4.76. The van der Waals surface area contributed by atoms with Crippen LogP contribution in [0.1, 0.15) is 18.1 Å². The average molecular weight is 307 g/mol. The normalized spacial score (nSPS) is 12.8. The summed E-state index contributed by atoms with van der Waals surface area (Å²) in [5, 5.41) is 10.5. The number of rotatable bonds is 5. The Morgan fingerprint density at radius 2 is 2.14 bits per heavy atom. The third kappa shape index (κ3) is 3.93. The minimum atomic E-state index is -0.792. The van der Waals surface area contributed by atoms with Gasteiger partial charge in [-0.05, 0) is 31.7 Å². The number of carboxylic acid groups (broad SMARTS) is 1. The number of aliphatic carboxylic acids is 1. The third-order valence-corrected chi connectivity index (χ3v) is 3.77. The van der Waals surface area contributed by atoms with Gasteiger partial charge < -0.3 is 10.0 Å². The molecule has 2 aromatic rings. The molecule has 0 radical (unpaired) electrons. The van der Waals surface area contributed by atoms with Gasteiger partial charge in [-0.25, -0.2) is 4.98 Å². The van der Waals surface area contributed by atoms with Gasteiger partial charge in [0, 0.05) is 24.0 Å². The standard InChI is InChI=1S/C16H19ClN2O2/c1-10-4-5-12-7-13(15(17)18-14(12)6-10)9-19(3)8-11(2)16(20)21/h4-7,11H,8-9H2,1-3H3,(H,20,21). The summed E-state index contributed by atoms with van der Waals surface area (Å²) in [4.78, 5) is 17.3. The summed E-state index contributed by atoms with van der Waals surface area (Å²) >= 11 is 6.24. The van der Waals surface area contributed by atoms with Crippen molar-refractivity contribution in [3.05, 3.63) is 40.5 Å². The van der Waals surface area contributed by atoms with Crippen LogP contribution in [-0.4, -0.2) is 34.6 Å². The number of aromatic nitrogens is 1. The van der Waals surface area contributed by atoms with Gasteiger partial charge in [-0.1, -0.05) is 30.7 Å². The van der Waals surface area contributed by atoms with Crippen LogP contribution < -0.4 is 0 Å². The topological polar surface area (TPSA) is 53.4 Å². The Morgan fingerprint density at radius 3 is 2.81 bits per heavy atom. The molecule has 21 heavy (non-hydrogen) atoms. The molecule has 0 amide bonds. The zero-order chi connectivity index (χ0) is 15.6. The van der Waals surface area contributed by atoms with Gasteiger partial charge in [0.25, 0.3) is 0 Å². The Balaban J connectivity index is 2.20. The van der Waals surface area contributed by atoms with Crippen molar-refractivity contribution in [2.24, 2.45) is 5.92 Å². The molecular formula is C16H19ClN2O2. The van der Waals surface area contributed by atoms with Gasteiger partial charge in [0.1, 0.15) is 5.15 Å². The summed E-state index contributed by atoms with van der Waals surface area (Å²) in [5.74, 6) is -1.20. The fourth-order valence-corrected chi connectivity index (χ4v) is 2.51. The lowest BCUT2D eigenvalue weighted by molar-refractivity contribution is -0.141. The maximum atomic E-state index is 10.9. The molecule has 1 aromatic carbocycles. The molecule has 0 saturated heterocycles. The lowest BCUT2D eigenvalue weighted by Crippen LogP contribution is -2.28. The highest BCUT2D eigenvalue weighted by molar-refractivity contribution is 6.30. The first-order valence-corrected chi connectivity index (χ1v) is 7.21. The molecule has 0 bridgehead atoms. The predicted octanol–water partition coefficient (Wildman–Crippen LogP) is 3.35. The van der Waals surface area contributed by atoms with Crippen LogP contribution in [0.25, 0.3) is 10.9 Å². The van der Waals surface area contributed by atoms with Crippen molar-refractivity contribution in [2.75, 3.05) is 13.6 Å². The molecular weight excluding hydrogens is 288 g/mol. The first-order chi connectivity index (χ1) is 9.86. The molecule has 112 valence electrons. The van der Waals surface area contributed by atoms with E-state index in [-0.39, 0.29) is 0 Å². The zero-order valence-electron chi connectivity index (χ0n) is 12.4. The summed E-state index contributed by atoms with van der Waals surface area (Å²) in [7, 11) is 1.88. The van der Waals surface area contributed by atoms with Crippen LogP contribution in [0.4, 0.5) is 0 Å². The van der Waals surface area contributed by atoms with E-state index in [1.807, 2.05) is 43.1 Å². The van der Waals surface area contributed by atoms with Crippen LogP contribution in [0.3, 0.4) is 0 Å². The number of benzene rings is 1. The minimum Gasteiger partial charge on any atom is -0.481 e.